The molecule has 0 aliphatic rings. The summed E-state index contributed by atoms with van der Waals surface area (Å²) in [6, 6.07) is 9.71. The van der Waals surface area contributed by atoms with Gasteiger partial charge in [-0.3, -0.25) is 4.79 Å². The molecule has 128 valence electrons. The van der Waals surface area contributed by atoms with Crippen molar-refractivity contribution < 1.29 is 14.3 Å². The summed E-state index contributed by atoms with van der Waals surface area (Å²) in [5.74, 6) is 1.16. The van der Waals surface area contributed by atoms with Gasteiger partial charge in [-0.25, -0.2) is 0 Å². The molecule has 4 nitrogen and oxygen atoms in total. The summed E-state index contributed by atoms with van der Waals surface area (Å²) in [7, 11) is 1.59. The number of hydrogen-bond donors (Lipinski definition) is 0. The van der Waals surface area contributed by atoms with Crippen molar-refractivity contribution in [2.45, 2.75) is 19.9 Å². The number of allylic oxidation sites excluding steroid dienone is 1. The Morgan fingerprint density at radius 2 is 2.17 bits per heavy atom. The van der Waals surface area contributed by atoms with Crippen LogP contribution >= 0.6 is 11.3 Å². The van der Waals surface area contributed by atoms with E-state index in [9.17, 15) is 4.79 Å². The molecule has 0 aliphatic carbocycles. The second-order valence-corrected chi connectivity index (χ2v) is 6.29. The third-order valence-corrected chi connectivity index (χ3v) is 4.48. The normalized spacial score (nSPS) is 10.2. The minimum absolute atomic E-state index is 0.00359. The Labute approximate surface area is 147 Å². The van der Waals surface area contributed by atoms with Crippen LogP contribution in [0.15, 0.2) is 48.4 Å². The molecular formula is C19H23NO3S. The van der Waals surface area contributed by atoms with Crippen molar-refractivity contribution in [2.24, 2.45) is 0 Å². The van der Waals surface area contributed by atoms with E-state index in [1.807, 2.05) is 48.7 Å². The fraction of sp³-hybridized carbons (Fsp3) is 0.316. The Morgan fingerprint density at radius 1 is 1.33 bits per heavy atom. The summed E-state index contributed by atoms with van der Waals surface area (Å²) in [6.45, 7) is 6.96. The molecule has 0 spiro atoms. The van der Waals surface area contributed by atoms with E-state index >= 15 is 0 Å². The molecule has 24 heavy (non-hydrogen) atoms. The number of benzene rings is 1. The molecule has 1 heterocycles. The Balaban J connectivity index is 1.98. The van der Waals surface area contributed by atoms with Crippen molar-refractivity contribution in [3.05, 3.63) is 58.8 Å². The topological polar surface area (TPSA) is 38.8 Å². The van der Waals surface area contributed by atoms with Crippen LogP contribution in [0.2, 0.25) is 0 Å². The van der Waals surface area contributed by atoms with Gasteiger partial charge in [0, 0.05) is 11.4 Å². The smallest absolute Gasteiger partial charge is 0.260 e. The number of thiophene rings is 1. The second kappa shape index (κ2) is 9.13. The minimum Gasteiger partial charge on any atom is -0.493 e. The summed E-state index contributed by atoms with van der Waals surface area (Å²) in [5.41, 5.74) is 1.09. The molecule has 2 rings (SSSR count). The standard InChI is InChI=1S/C19H23NO3S/c1-4-7-15-9-10-17(18(12-15)22-3)23-14-19(21)20(5-2)13-16-8-6-11-24-16/h4,6,8-12H,1,5,7,13-14H2,2-3H3. The molecule has 0 atom stereocenters. The third-order valence-electron chi connectivity index (χ3n) is 3.62. The summed E-state index contributed by atoms with van der Waals surface area (Å²) < 4.78 is 11.0. The van der Waals surface area contributed by atoms with Gasteiger partial charge >= 0.3 is 0 Å². The lowest BCUT2D eigenvalue weighted by Gasteiger charge is -2.20. The third kappa shape index (κ3) is 4.86. The first-order valence-corrected chi connectivity index (χ1v) is 8.76. The lowest BCUT2D eigenvalue weighted by atomic mass is 10.1. The number of amides is 1. The number of rotatable bonds is 9. The van der Waals surface area contributed by atoms with E-state index in [-0.39, 0.29) is 12.5 Å². The quantitative estimate of drug-likeness (QED) is 0.647. The number of carbonyl (C=O) groups is 1. The molecule has 0 saturated carbocycles. The van der Waals surface area contributed by atoms with E-state index in [0.29, 0.717) is 24.6 Å². The van der Waals surface area contributed by atoms with E-state index < -0.39 is 0 Å². The molecule has 1 amide bonds. The van der Waals surface area contributed by atoms with E-state index in [4.69, 9.17) is 9.47 Å². The van der Waals surface area contributed by atoms with Gasteiger partial charge in [-0.2, -0.15) is 0 Å². The molecule has 2 aromatic rings. The van der Waals surface area contributed by atoms with Gasteiger partial charge in [0.15, 0.2) is 18.1 Å². The number of hydrogen-bond acceptors (Lipinski definition) is 4. The molecule has 0 N–H and O–H groups in total. The maximum Gasteiger partial charge on any atom is 0.260 e. The van der Waals surface area contributed by atoms with E-state index in [1.54, 1.807) is 23.3 Å². The van der Waals surface area contributed by atoms with Crippen molar-refractivity contribution in [1.82, 2.24) is 4.90 Å². The predicted octanol–water partition coefficient (Wildman–Crippen LogP) is 3.91. The van der Waals surface area contributed by atoms with Crippen molar-refractivity contribution in [3.63, 3.8) is 0 Å². The molecule has 0 aliphatic heterocycles. The summed E-state index contributed by atoms with van der Waals surface area (Å²) in [5, 5.41) is 2.01. The first kappa shape index (κ1) is 18.1. The highest BCUT2D eigenvalue weighted by atomic mass is 32.1. The number of carbonyl (C=O) groups excluding carboxylic acids is 1. The molecule has 0 bridgehead atoms. The Hall–Kier alpha value is -2.27. The van der Waals surface area contributed by atoms with Crippen LogP contribution in [0.1, 0.15) is 17.4 Å². The molecule has 0 unspecified atom stereocenters. The van der Waals surface area contributed by atoms with E-state index in [2.05, 4.69) is 6.58 Å². The fourth-order valence-corrected chi connectivity index (χ4v) is 3.04. The molecule has 5 heteroatoms. The zero-order chi connectivity index (χ0) is 17.4. The van der Waals surface area contributed by atoms with Crippen LogP contribution in [0, 0.1) is 0 Å². The second-order valence-electron chi connectivity index (χ2n) is 5.25. The van der Waals surface area contributed by atoms with Crippen molar-refractivity contribution in [1.29, 1.82) is 0 Å². The van der Waals surface area contributed by atoms with Gasteiger partial charge in [-0.1, -0.05) is 18.2 Å². The predicted molar refractivity (Wildman–Crippen MR) is 97.8 cm³/mol. The number of likely N-dealkylation sites (N-methyl/N-ethyl adjacent to an activating group) is 1. The highest BCUT2D eigenvalue weighted by Crippen LogP contribution is 2.28. The summed E-state index contributed by atoms with van der Waals surface area (Å²) in [6.07, 6.45) is 2.60. The average molecular weight is 345 g/mol. The highest BCUT2D eigenvalue weighted by molar-refractivity contribution is 7.09. The maximum atomic E-state index is 12.4. The van der Waals surface area contributed by atoms with Gasteiger partial charge in [0.2, 0.25) is 0 Å². The highest BCUT2D eigenvalue weighted by Gasteiger charge is 2.15. The SMILES string of the molecule is C=CCc1ccc(OCC(=O)N(CC)Cc2cccs2)c(OC)c1. The van der Waals surface area contributed by atoms with Gasteiger partial charge in [-0.05, 0) is 42.5 Å². The average Bonchev–Trinajstić information content (AvgIpc) is 3.11. The van der Waals surface area contributed by atoms with Crippen LogP contribution < -0.4 is 9.47 Å². The number of methoxy groups -OCH3 is 1. The zero-order valence-corrected chi connectivity index (χ0v) is 15.0. The molecule has 1 aromatic carbocycles. The van der Waals surface area contributed by atoms with Gasteiger partial charge in [-0.15, -0.1) is 17.9 Å². The molecular weight excluding hydrogens is 322 g/mol. The van der Waals surface area contributed by atoms with E-state index in [0.717, 1.165) is 16.9 Å². The molecule has 0 fully saturated rings. The Bertz CT molecular complexity index is 667. The largest absolute Gasteiger partial charge is 0.493 e. The first-order chi connectivity index (χ1) is 11.7. The van der Waals surface area contributed by atoms with Gasteiger partial charge in [0.1, 0.15) is 0 Å². The van der Waals surface area contributed by atoms with Crippen LogP contribution in [-0.2, 0) is 17.8 Å². The Morgan fingerprint density at radius 3 is 2.79 bits per heavy atom. The van der Waals surface area contributed by atoms with Gasteiger partial charge in [0.05, 0.1) is 13.7 Å². The monoisotopic (exact) mass is 345 g/mol. The summed E-state index contributed by atoms with van der Waals surface area (Å²) >= 11 is 1.65. The molecule has 0 radical (unpaired) electrons. The van der Waals surface area contributed by atoms with Crippen molar-refractivity contribution >= 4 is 17.2 Å². The maximum absolute atomic E-state index is 12.4. The fourth-order valence-electron chi connectivity index (χ4n) is 2.32. The lowest BCUT2D eigenvalue weighted by Crippen LogP contribution is -2.34. The van der Waals surface area contributed by atoms with Crippen molar-refractivity contribution in [2.75, 3.05) is 20.3 Å². The van der Waals surface area contributed by atoms with Gasteiger partial charge in [0.25, 0.3) is 5.91 Å². The van der Waals surface area contributed by atoms with Crippen LogP contribution in [0.4, 0.5) is 0 Å². The van der Waals surface area contributed by atoms with Crippen LogP contribution in [0.5, 0.6) is 11.5 Å². The minimum atomic E-state index is -0.0388. The number of nitrogens with zero attached hydrogens (tertiary/aromatic N) is 1. The first-order valence-electron chi connectivity index (χ1n) is 7.88. The van der Waals surface area contributed by atoms with Crippen molar-refractivity contribution in [3.8, 4) is 11.5 Å². The zero-order valence-electron chi connectivity index (χ0n) is 14.2. The molecule has 0 saturated heterocycles. The lowest BCUT2D eigenvalue weighted by molar-refractivity contribution is -0.133. The van der Waals surface area contributed by atoms with E-state index in [1.165, 1.54) is 0 Å². The van der Waals surface area contributed by atoms with Crippen LogP contribution in [0.25, 0.3) is 0 Å². The van der Waals surface area contributed by atoms with Crippen LogP contribution in [-0.4, -0.2) is 31.1 Å². The summed E-state index contributed by atoms with van der Waals surface area (Å²) in [4.78, 5) is 15.3. The van der Waals surface area contributed by atoms with Gasteiger partial charge < -0.3 is 14.4 Å². The number of ether oxygens (including phenoxy) is 2. The van der Waals surface area contributed by atoms with Crippen LogP contribution in [0.3, 0.4) is 0 Å². The molecule has 1 aromatic heterocycles. The Kier molecular flexibility index (Phi) is 6.88.